The van der Waals surface area contributed by atoms with Crippen LogP contribution in [0.1, 0.15) is 4.88 Å². The number of anilines is 1. The van der Waals surface area contributed by atoms with E-state index in [-0.39, 0.29) is 12.4 Å². The summed E-state index contributed by atoms with van der Waals surface area (Å²) in [6.07, 6.45) is 0. The van der Waals surface area contributed by atoms with Crippen LogP contribution in [0.4, 0.5) is 5.82 Å². The van der Waals surface area contributed by atoms with Gasteiger partial charge in [0, 0.05) is 0 Å². The summed E-state index contributed by atoms with van der Waals surface area (Å²) in [4.78, 5) is 0.748. The summed E-state index contributed by atoms with van der Waals surface area (Å²) in [5.74, 6) is 0.897. The molecule has 6 heteroatoms. The second kappa shape index (κ2) is 4.14. The minimum Gasteiger partial charge on any atom is -0.504 e. The zero-order chi connectivity index (χ0) is 10.7. The predicted octanol–water partition coefficient (Wildman–Crippen LogP) is 1.40. The first-order chi connectivity index (χ1) is 7.27. The van der Waals surface area contributed by atoms with Gasteiger partial charge in [0.05, 0.1) is 0 Å². The Kier molecular flexibility index (Phi) is 2.68. The fourth-order valence-electron chi connectivity index (χ4n) is 1.04. The van der Waals surface area contributed by atoms with Crippen molar-refractivity contribution < 1.29 is 9.84 Å². The number of aromatic nitrogens is 2. The number of rotatable bonds is 3. The van der Waals surface area contributed by atoms with Gasteiger partial charge in [0.25, 0.3) is 0 Å². The first-order valence-corrected chi connectivity index (χ1v) is 5.02. The zero-order valence-electron chi connectivity index (χ0n) is 7.75. The molecule has 0 saturated carbocycles. The molecule has 78 valence electrons. The van der Waals surface area contributed by atoms with E-state index >= 15 is 0 Å². The monoisotopic (exact) mass is 223 g/mol. The molecule has 2 rings (SSSR count). The van der Waals surface area contributed by atoms with E-state index in [1.807, 2.05) is 0 Å². The summed E-state index contributed by atoms with van der Waals surface area (Å²) in [5.41, 5.74) is 5.54. The number of ether oxygens (including phenoxy) is 1. The number of phenolic OH excluding ortho intramolecular Hbond substituents is 1. The van der Waals surface area contributed by atoms with Gasteiger partial charge in [-0.05, 0) is 23.7 Å². The van der Waals surface area contributed by atoms with Crippen LogP contribution in [0.15, 0.2) is 24.3 Å². The molecular weight excluding hydrogens is 214 g/mol. The fourth-order valence-corrected chi connectivity index (χ4v) is 1.51. The molecule has 2 aromatic rings. The predicted molar refractivity (Wildman–Crippen MR) is 56.8 cm³/mol. The number of benzene rings is 1. The Balaban J connectivity index is 2.06. The van der Waals surface area contributed by atoms with Crippen molar-refractivity contribution in [2.24, 2.45) is 0 Å². The second-order valence-corrected chi connectivity index (χ2v) is 3.68. The largest absolute Gasteiger partial charge is 0.504 e. The van der Waals surface area contributed by atoms with Crippen LogP contribution in [0.3, 0.4) is 0 Å². The van der Waals surface area contributed by atoms with Gasteiger partial charge >= 0.3 is 0 Å². The summed E-state index contributed by atoms with van der Waals surface area (Å²) < 4.78 is 9.04. The van der Waals surface area contributed by atoms with Gasteiger partial charge in [-0.25, -0.2) is 0 Å². The molecular formula is C9H9N3O2S. The molecule has 0 aliphatic heterocycles. The van der Waals surface area contributed by atoms with Crippen molar-refractivity contribution >= 4 is 17.4 Å². The average molecular weight is 223 g/mol. The number of nitrogens with two attached hydrogens (primary N) is 1. The van der Waals surface area contributed by atoms with Crippen LogP contribution in [0.2, 0.25) is 0 Å². The Morgan fingerprint density at radius 2 is 2.20 bits per heavy atom. The van der Waals surface area contributed by atoms with Crippen molar-refractivity contribution in [3.63, 3.8) is 0 Å². The molecule has 0 fully saturated rings. The lowest BCUT2D eigenvalue weighted by Gasteiger charge is -2.05. The van der Waals surface area contributed by atoms with Crippen molar-refractivity contribution in [1.82, 2.24) is 9.59 Å². The Hall–Kier alpha value is -1.82. The Morgan fingerprint density at radius 1 is 1.40 bits per heavy atom. The SMILES string of the molecule is Nc1nnsc1COc1ccccc1O. The van der Waals surface area contributed by atoms with Crippen LogP contribution in [-0.4, -0.2) is 14.7 Å². The lowest BCUT2D eigenvalue weighted by atomic mass is 10.3. The van der Waals surface area contributed by atoms with Gasteiger partial charge in [-0.2, -0.15) is 0 Å². The van der Waals surface area contributed by atoms with Gasteiger partial charge in [-0.15, -0.1) is 5.10 Å². The summed E-state index contributed by atoms with van der Waals surface area (Å²) in [7, 11) is 0. The number of hydrogen-bond donors (Lipinski definition) is 2. The summed E-state index contributed by atoms with van der Waals surface area (Å²) >= 11 is 1.18. The molecule has 0 bridgehead atoms. The Morgan fingerprint density at radius 3 is 2.87 bits per heavy atom. The summed E-state index contributed by atoms with van der Waals surface area (Å²) in [6, 6.07) is 6.75. The Labute approximate surface area is 90.3 Å². The minimum absolute atomic E-state index is 0.105. The Bertz CT molecular complexity index is 458. The smallest absolute Gasteiger partial charge is 0.165 e. The zero-order valence-corrected chi connectivity index (χ0v) is 8.57. The van der Waals surface area contributed by atoms with Crippen molar-refractivity contribution in [2.45, 2.75) is 6.61 Å². The molecule has 15 heavy (non-hydrogen) atoms. The number of aromatic hydroxyl groups is 1. The molecule has 0 saturated heterocycles. The number of hydrogen-bond acceptors (Lipinski definition) is 6. The van der Waals surface area contributed by atoms with Crippen LogP contribution in [0.5, 0.6) is 11.5 Å². The highest BCUT2D eigenvalue weighted by Gasteiger charge is 2.06. The molecule has 1 heterocycles. The molecule has 0 spiro atoms. The first kappa shape index (κ1) is 9.72. The van der Waals surface area contributed by atoms with Crippen LogP contribution >= 0.6 is 11.5 Å². The van der Waals surface area contributed by atoms with Gasteiger partial charge in [0.1, 0.15) is 11.5 Å². The van der Waals surface area contributed by atoms with Gasteiger partial charge in [0.15, 0.2) is 17.3 Å². The highest BCUT2D eigenvalue weighted by atomic mass is 32.1. The lowest BCUT2D eigenvalue weighted by Crippen LogP contribution is -1.97. The van der Waals surface area contributed by atoms with E-state index in [2.05, 4.69) is 9.59 Å². The average Bonchev–Trinajstić information content (AvgIpc) is 2.63. The van der Waals surface area contributed by atoms with E-state index in [0.29, 0.717) is 11.6 Å². The number of nitrogens with zero attached hydrogens (tertiary/aromatic N) is 2. The van der Waals surface area contributed by atoms with Crippen LogP contribution in [-0.2, 0) is 6.61 Å². The molecule has 0 atom stereocenters. The van der Waals surface area contributed by atoms with E-state index in [9.17, 15) is 5.11 Å². The van der Waals surface area contributed by atoms with Crippen LogP contribution in [0, 0.1) is 0 Å². The van der Waals surface area contributed by atoms with Gasteiger partial charge in [-0.3, -0.25) is 0 Å². The van der Waals surface area contributed by atoms with Gasteiger partial charge in [0.2, 0.25) is 0 Å². The fraction of sp³-hybridized carbons (Fsp3) is 0.111. The topological polar surface area (TPSA) is 81.3 Å². The van der Waals surface area contributed by atoms with Crippen LogP contribution in [0.25, 0.3) is 0 Å². The third kappa shape index (κ3) is 2.16. The third-order valence-corrected chi connectivity index (χ3v) is 2.52. The van der Waals surface area contributed by atoms with E-state index < -0.39 is 0 Å². The first-order valence-electron chi connectivity index (χ1n) is 4.25. The van der Waals surface area contributed by atoms with Crippen molar-refractivity contribution in [1.29, 1.82) is 0 Å². The normalized spacial score (nSPS) is 10.1. The maximum atomic E-state index is 9.42. The number of para-hydroxylation sites is 2. The maximum Gasteiger partial charge on any atom is 0.165 e. The van der Waals surface area contributed by atoms with Gasteiger partial charge in [-0.1, -0.05) is 16.6 Å². The lowest BCUT2D eigenvalue weighted by molar-refractivity contribution is 0.292. The molecule has 1 aromatic heterocycles. The molecule has 0 amide bonds. The third-order valence-electron chi connectivity index (χ3n) is 1.81. The highest BCUT2D eigenvalue weighted by Crippen LogP contribution is 2.26. The second-order valence-electron chi connectivity index (χ2n) is 2.84. The molecule has 0 aliphatic rings. The molecule has 5 nitrogen and oxygen atoms in total. The summed E-state index contributed by atoms with van der Waals surface area (Å²) in [5, 5.41) is 13.1. The van der Waals surface area contributed by atoms with Gasteiger partial charge < -0.3 is 15.6 Å². The molecule has 0 radical (unpaired) electrons. The molecule has 3 N–H and O–H groups in total. The van der Waals surface area contributed by atoms with Crippen molar-refractivity contribution in [3.8, 4) is 11.5 Å². The molecule has 0 aliphatic carbocycles. The minimum atomic E-state index is 0.105. The quantitative estimate of drug-likeness (QED) is 0.822. The van der Waals surface area contributed by atoms with E-state index in [1.54, 1.807) is 24.3 Å². The highest BCUT2D eigenvalue weighted by molar-refractivity contribution is 7.05. The van der Waals surface area contributed by atoms with Crippen LogP contribution < -0.4 is 10.5 Å². The molecule has 0 unspecified atom stereocenters. The van der Waals surface area contributed by atoms with E-state index in [0.717, 1.165) is 4.88 Å². The van der Waals surface area contributed by atoms with Crippen molar-refractivity contribution in [3.05, 3.63) is 29.1 Å². The maximum absolute atomic E-state index is 9.42. The van der Waals surface area contributed by atoms with E-state index in [1.165, 1.54) is 11.5 Å². The standard InChI is InChI=1S/C9H9N3O2S/c10-9-8(15-12-11-9)5-14-7-4-2-1-3-6(7)13/h1-4,13H,5,10H2. The number of phenols is 1. The molecule has 1 aromatic carbocycles. The van der Waals surface area contributed by atoms with Crippen molar-refractivity contribution in [2.75, 3.05) is 5.73 Å². The summed E-state index contributed by atoms with van der Waals surface area (Å²) in [6.45, 7) is 0.265. The van der Waals surface area contributed by atoms with E-state index in [4.69, 9.17) is 10.5 Å². The number of nitrogen functional groups attached to an aromatic ring is 1.